The minimum absolute atomic E-state index is 0.0110. The van der Waals surface area contributed by atoms with Crippen molar-refractivity contribution in [2.45, 2.75) is 25.1 Å². The number of pyridine rings is 1. The molecule has 9 heteroatoms. The second-order valence-electron chi connectivity index (χ2n) is 6.11. The Kier molecular flexibility index (Phi) is 5.29. The average Bonchev–Trinajstić information content (AvgIpc) is 3.05. The molecule has 27 heavy (non-hydrogen) atoms. The predicted octanol–water partition coefficient (Wildman–Crippen LogP) is 3.04. The molecule has 1 aromatic carbocycles. The highest BCUT2D eigenvalue weighted by Gasteiger charge is 2.30. The van der Waals surface area contributed by atoms with Crippen LogP contribution < -0.4 is 16.0 Å². The standard InChI is InChI=1S/C18H17F3N4O2/c19-18(20,21)11-3-5-12(6-4-11)25-17(27)14-2-1-9-22-16(14)23-10-13-7-8-15(26)24-13/h1-6,9,13H,7-8,10H2,(H,22,23)(H,24,26)(H,25,27). The normalized spacial score (nSPS) is 16.7. The van der Waals surface area contributed by atoms with E-state index in [-0.39, 0.29) is 23.2 Å². The molecule has 1 unspecified atom stereocenters. The van der Waals surface area contributed by atoms with Gasteiger partial charge in [0.05, 0.1) is 11.1 Å². The maximum Gasteiger partial charge on any atom is 0.416 e. The molecule has 2 heterocycles. The summed E-state index contributed by atoms with van der Waals surface area (Å²) in [4.78, 5) is 27.9. The lowest BCUT2D eigenvalue weighted by atomic mass is 10.2. The van der Waals surface area contributed by atoms with E-state index in [2.05, 4.69) is 20.9 Å². The zero-order chi connectivity index (χ0) is 19.4. The molecular weight excluding hydrogens is 361 g/mol. The second-order valence-corrected chi connectivity index (χ2v) is 6.11. The van der Waals surface area contributed by atoms with E-state index in [1.807, 2.05) is 0 Å². The number of anilines is 2. The Morgan fingerprint density at radius 2 is 1.96 bits per heavy atom. The predicted molar refractivity (Wildman–Crippen MR) is 93.3 cm³/mol. The number of halogens is 3. The lowest BCUT2D eigenvalue weighted by Crippen LogP contribution is -2.32. The fraction of sp³-hybridized carbons (Fsp3) is 0.278. The van der Waals surface area contributed by atoms with Crippen molar-refractivity contribution < 1.29 is 22.8 Å². The highest BCUT2D eigenvalue weighted by atomic mass is 19.4. The average molecular weight is 378 g/mol. The van der Waals surface area contributed by atoms with Gasteiger partial charge in [-0.25, -0.2) is 4.98 Å². The summed E-state index contributed by atoms with van der Waals surface area (Å²) >= 11 is 0. The van der Waals surface area contributed by atoms with E-state index in [0.717, 1.165) is 12.1 Å². The third-order valence-electron chi connectivity index (χ3n) is 4.12. The largest absolute Gasteiger partial charge is 0.416 e. The number of rotatable bonds is 5. The molecule has 0 radical (unpaired) electrons. The van der Waals surface area contributed by atoms with Crippen molar-refractivity contribution in [1.29, 1.82) is 0 Å². The summed E-state index contributed by atoms with van der Waals surface area (Å²) in [6, 6.07) is 7.30. The van der Waals surface area contributed by atoms with Gasteiger partial charge in [0, 0.05) is 30.9 Å². The Morgan fingerprint density at radius 1 is 1.22 bits per heavy atom. The van der Waals surface area contributed by atoms with Crippen LogP contribution in [0.2, 0.25) is 0 Å². The van der Waals surface area contributed by atoms with Crippen molar-refractivity contribution in [3.05, 3.63) is 53.7 Å². The van der Waals surface area contributed by atoms with E-state index in [0.29, 0.717) is 25.2 Å². The summed E-state index contributed by atoms with van der Waals surface area (Å²) in [6.45, 7) is 0.420. The molecule has 1 saturated heterocycles. The van der Waals surface area contributed by atoms with Crippen LogP contribution >= 0.6 is 0 Å². The molecule has 6 nitrogen and oxygen atoms in total. The van der Waals surface area contributed by atoms with Crippen molar-refractivity contribution in [3.8, 4) is 0 Å². The zero-order valence-electron chi connectivity index (χ0n) is 14.1. The number of hydrogen-bond acceptors (Lipinski definition) is 4. The van der Waals surface area contributed by atoms with Crippen molar-refractivity contribution >= 4 is 23.3 Å². The number of nitrogens with one attached hydrogen (secondary N) is 3. The Balaban J connectivity index is 1.67. The van der Waals surface area contributed by atoms with E-state index in [1.54, 1.807) is 12.1 Å². The highest BCUT2D eigenvalue weighted by Crippen LogP contribution is 2.30. The molecule has 3 rings (SSSR count). The SMILES string of the molecule is O=C1CCC(CNc2ncccc2C(=O)Nc2ccc(C(F)(F)F)cc2)N1. The molecule has 0 spiro atoms. The van der Waals surface area contributed by atoms with Crippen molar-refractivity contribution in [2.75, 3.05) is 17.2 Å². The number of nitrogens with zero attached hydrogens (tertiary/aromatic N) is 1. The molecular formula is C18H17F3N4O2. The van der Waals surface area contributed by atoms with Crippen molar-refractivity contribution in [3.63, 3.8) is 0 Å². The Morgan fingerprint density at radius 3 is 2.59 bits per heavy atom. The van der Waals surface area contributed by atoms with E-state index < -0.39 is 17.6 Å². The Bertz CT molecular complexity index is 837. The van der Waals surface area contributed by atoms with Gasteiger partial charge < -0.3 is 16.0 Å². The second kappa shape index (κ2) is 7.65. The number of carbonyl (C=O) groups is 2. The van der Waals surface area contributed by atoms with Crippen LogP contribution in [-0.2, 0) is 11.0 Å². The smallest absolute Gasteiger partial charge is 0.367 e. The first kappa shape index (κ1) is 18.7. The molecule has 1 aliphatic rings. The van der Waals surface area contributed by atoms with Crippen LogP contribution in [0.5, 0.6) is 0 Å². The zero-order valence-corrected chi connectivity index (χ0v) is 14.1. The van der Waals surface area contributed by atoms with Crippen molar-refractivity contribution in [1.82, 2.24) is 10.3 Å². The maximum absolute atomic E-state index is 12.6. The molecule has 1 fully saturated rings. The number of aromatic nitrogens is 1. The fourth-order valence-corrected chi connectivity index (χ4v) is 2.72. The van der Waals surface area contributed by atoms with Crippen molar-refractivity contribution in [2.24, 2.45) is 0 Å². The van der Waals surface area contributed by atoms with Gasteiger partial charge in [0.15, 0.2) is 0 Å². The Labute approximate surface area is 153 Å². The van der Waals surface area contributed by atoms with Crippen LogP contribution in [0, 0.1) is 0 Å². The molecule has 1 aromatic heterocycles. The van der Waals surface area contributed by atoms with Crippen LogP contribution in [0.15, 0.2) is 42.6 Å². The minimum atomic E-state index is -4.43. The summed E-state index contributed by atoms with van der Waals surface area (Å²) < 4.78 is 37.8. The summed E-state index contributed by atoms with van der Waals surface area (Å²) in [7, 11) is 0. The topological polar surface area (TPSA) is 83.1 Å². The summed E-state index contributed by atoms with van der Waals surface area (Å²) in [5.41, 5.74) is -0.296. The van der Waals surface area contributed by atoms with Gasteiger partial charge in [0.2, 0.25) is 5.91 Å². The molecule has 3 N–H and O–H groups in total. The van der Waals surface area contributed by atoms with Crippen LogP contribution in [0.4, 0.5) is 24.7 Å². The van der Waals surface area contributed by atoms with Gasteiger partial charge >= 0.3 is 6.18 Å². The van der Waals surface area contributed by atoms with Gasteiger partial charge in [-0.3, -0.25) is 9.59 Å². The van der Waals surface area contributed by atoms with Gasteiger partial charge in [-0.15, -0.1) is 0 Å². The minimum Gasteiger partial charge on any atom is -0.367 e. The quantitative estimate of drug-likeness (QED) is 0.747. The van der Waals surface area contributed by atoms with Crippen LogP contribution in [0.1, 0.15) is 28.8 Å². The highest BCUT2D eigenvalue weighted by molar-refractivity contribution is 6.07. The molecule has 142 valence electrons. The van der Waals surface area contributed by atoms with E-state index in [1.165, 1.54) is 18.3 Å². The maximum atomic E-state index is 12.6. The first-order valence-corrected chi connectivity index (χ1v) is 8.30. The first-order valence-electron chi connectivity index (χ1n) is 8.30. The summed E-state index contributed by atoms with van der Waals surface area (Å²) in [6.07, 6.45) is -1.75. The van der Waals surface area contributed by atoms with Gasteiger partial charge in [0.1, 0.15) is 5.82 Å². The van der Waals surface area contributed by atoms with Crippen LogP contribution in [0.25, 0.3) is 0 Å². The summed E-state index contributed by atoms with van der Waals surface area (Å²) in [5.74, 6) is -0.174. The third kappa shape index (κ3) is 4.75. The molecule has 1 aliphatic heterocycles. The molecule has 0 bridgehead atoms. The third-order valence-corrected chi connectivity index (χ3v) is 4.12. The van der Waals surface area contributed by atoms with Gasteiger partial charge in [-0.1, -0.05) is 0 Å². The number of amides is 2. The Hall–Kier alpha value is -3.10. The molecule has 0 aliphatic carbocycles. The van der Waals surface area contributed by atoms with Crippen LogP contribution in [-0.4, -0.2) is 29.4 Å². The summed E-state index contributed by atoms with van der Waals surface area (Å²) in [5, 5.41) is 8.40. The molecule has 1 atom stereocenters. The number of benzene rings is 1. The van der Waals surface area contributed by atoms with E-state index >= 15 is 0 Å². The first-order chi connectivity index (χ1) is 12.8. The number of alkyl halides is 3. The molecule has 2 aromatic rings. The monoisotopic (exact) mass is 378 g/mol. The molecule has 2 amide bonds. The number of hydrogen-bond donors (Lipinski definition) is 3. The number of carbonyl (C=O) groups excluding carboxylic acids is 2. The fourth-order valence-electron chi connectivity index (χ4n) is 2.72. The lowest BCUT2D eigenvalue weighted by Gasteiger charge is -2.14. The van der Waals surface area contributed by atoms with Gasteiger partial charge in [0.25, 0.3) is 5.91 Å². The lowest BCUT2D eigenvalue weighted by molar-refractivity contribution is -0.137. The van der Waals surface area contributed by atoms with Crippen LogP contribution in [0.3, 0.4) is 0 Å². The van der Waals surface area contributed by atoms with Gasteiger partial charge in [-0.2, -0.15) is 13.2 Å². The van der Waals surface area contributed by atoms with E-state index in [9.17, 15) is 22.8 Å². The van der Waals surface area contributed by atoms with E-state index in [4.69, 9.17) is 0 Å². The molecule has 0 saturated carbocycles. The van der Waals surface area contributed by atoms with Gasteiger partial charge in [-0.05, 0) is 42.8 Å².